The summed E-state index contributed by atoms with van der Waals surface area (Å²) in [7, 11) is 0.275. The van der Waals surface area contributed by atoms with E-state index in [2.05, 4.69) is 0 Å². The van der Waals surface area contributed by atoms with Crippen molar-refractivity contribution in [3.8, 4) is 0 Å². The molecule has 1 amide bonds. The lowest BCUT2D eigenvalue weighted by molar-refractivity contribution is -0.137. The van der Waals surface area contributed by atoms with Gasteiger partial charge >= 0.3 is 5.97 Å². The summed E-state index contributed by atoms with van der Waals surface area (Å²) in [4.78, 5) is 24.1. The molecular formula is C12H18N2O7S. The Morgan fingerprint density at radius 3 is 2.50 bits per heavy atom. The fourth-order valence-electron chi connectivity index (χ4n) is 1.54. The van der Waals surface area contributed by atoms with Gasteiger partial charge in [0.05, 0.1) is 12.2 Å². The maximum Gasteiger partial charge on any atom is 0.323 e. The van der Waals surface area contributed by atoms with Gasteiger partial charge in [-0.2, -0.15) is 0 Å². The standard InChI is InChI=1S/C12H18N2O7S/c1-13(2)22(18,19)11-6-9(8-21-11)12(17)14(4-5-20-3)7-10(15)16/h6,8H,4-5,7H2,1-3H3,(H,15,16). The Hall–Kier alpha value is -1.91. The first kappa shape index (κ1) is 18.1. The summed E-state index contributed by atoms with van der Waals surface area (Å²) in [5.74, 6) is -1.84. The number of rotatable bonds is 8. The Morgan fingerprint density at radius 2 is 2.00 bits per heavy atom. The Kier molecular flexibility index (Phi) is 6.09. The van der Waals surface area contributed by atoms with E-state index in [0.717, 1.165) is 21.5 Å². The van der Waals surface area contributed by atoms with Crippen molar-refractivity contribution in [2.45, 2.75) is 5.09 Å². The van der Waals surface area contributed by atoms with Crippen LogP contribution in [0.3, 0.4) is 0 Å². The topological polar surface area (TPSA) is 117 Å². The van der Waals surface area contributed by atoms with E-state index in [-0.39, 0.29) is 23.8 Å². The Balaban J connectivity index is 3.00. The van der Waals surface area contributed by atoms with Gasteiger partial charge in [0.25, 0.3) is 15.9 Å². The minimum absolute atomic E-state index is 0.0437. The minimum Gasteiger partial charge on any atom is -0.480 e. The highest BCUT2D eigenvalue weighted by Gasteiger charge is 2.26. The summed E-state index contributed by atoms with van der Waals surface area (Å²) in [5, 5.41) is 8.44. The van der Waals surface area contributed by atoms with Crippen molar-refractivity contribution < 1.29 is 32.3 Å². The van der Waals surface area contributed by atoms with E-state index in [1.807, 2.05) is 0 Å². The highest BCUT2D eigenvalue weighted by molar-refractivity contribution is 7.88. The summed E-state index contributed by atoms with van der Waals surface area (Å²) in [5.41, 5.74) is -0.0437. The third-order valence-corrected chi connectivity index (χ3v) is 4.42. The molecule has 22 heavy (non-hydrogen) atoms. The molecule has 10 heteroatoms. The van der Waals surface area contributed by atoms with E-state index >= 15 is 0 Å². The molecule has 0 bridgehead atoms. The highest BCUT2D eigenvalue weighted by atomic mass is 32.2. The number of carboxylic acid groups (broad SMARTS) is 1. The van der Waals surface area contributed by atoms with Gasteiger partial charge in [-0.15, -0.1) is 0 Å². The molecule has 0 spiro atoms. The Bertz CT molecular complexity index is 636. The zero-order valence-corrected chi connectivity index (χ0v) is 13.3. The second-order valence-corrected chi connectivity index (χ2v) is 6.64. The van der Waals surface area contributed by atoms with Crippen molar-refractivity contribution in [1.82, 2.24) is 9.21 Å². The van der Waals surface area contributed by atoms with Crippen LogP contribution < -0.4 is 0 Å². The highest BCUT2D eigenvalue weighted by Crippen LogP contribution is 2.18. The van der Waals surface area contributed by atoms with Crippen LogP contribution in [0.1, 0.15) is 10.4 Å². The predicted octanol–water partition coefficient (Wildman–Crippen LogP) is -0.297. The molecule has 124 valence electrons. The van der Waals surface area contributed by atoms with E-state index in [1.54, 1.807) is 0 Å². The number of nitrogens with zero attached hydrogens (tertiary/aromatic N) is 2. The van der Waals surface area contributed by atoms with Gasteiger partial charge in [0.15, 0.2) is 0 Å². The molecule has 0 aliphatic heterocycles. The monoisotopic (exact) mass is 334 g/mol. The maximum atomic E-state index is 12.2. The lowest BCUT2D eigenvalue weighted by atomic mass is 10.3. The van der Waals surface area contributed by atoms with Crippen LogP contribution >= 0.6 is 0 Å². The number of aliphatic carboxylic acids is 1. The third-order valence-electron chi connectivity index (χ3n) is 2.74. The second-order valence-electron chi connectivity index (χ2n) is 4.56. The molecule has 1 heterocycles. The zero-order chi connectivity index (χ0) is 16.9. The van der Waals surface area contributed by atoms with Crippen LogP contribution in [-0.2, 0) is 19.6 Å². The number of carbonyl (C=O) groups is 2. The van der Waals surface area contributed by atoms with Crippen LogP contribution in [-0.4, -0.2) is 75.5 Å². The molecule has 1 aromatic heterocycles. The Morgan fingerprint density at radius 1 is 1.36 bits per heavy atom. The molecule has 0 fully saturated rings. The van der Waals surface area contributed by atoms with Crippen molar-refractivity contribution in [3.63, 3.8) is 0 Å². The number of furan rings is 1. The summed E-state index contributed by atoms with van der Waals surface area (Å²) >= 11 is 0. The first-order chi connectivity index (χ1) is 10.2. The largest absolute Gasteiger partial charge is 0.480 e. The molecule has 0 aliphatic carbocycles. The number of sulfonamides is 1. The summed E-state index contributed by atoms with van der Waals surface area (Å²) in [6.07, 6.45) is 0.986. The van der Waals surface area contributed by atoms with Gasteiger partial charge in [-0.1, -0.05) is 0 Å². The fraction of sp³-hybridized carbons (Fsp3) is 0.500. The molecule has 0 radical (unpaired) electrons. The van der Waals surface area contributed by atoms with Gasteiger partial charge in [-0.25, -0.2) is 12.7 Å². The van der Waals surface area contributed by atoms with Gasteiger partial charge in [-0.3, -0.25) is 9.59 Å². The molecule has 0 aliphatic rings. The quantitative estimate of drug-likeness (QED) is 0.693. The van der Waals surface area contributed by atoms with E-state index in [1.165, 1.54) is 21.2 Å². The van der Waals surface area contributed by atoms with E-state index in [0.29, 0.717) is 0 Å². The van der Waals surface area contributed by atoms with Gasteiger partial charge in [-0.05, 0) is 0 Å². The van der Waals surface area contributed by atoms with Crippen molar-refractivity contribution in [1.29, 1.82) is 0 Å². The third kappa shape index (κ3) is 4.29. The number of hydrogen-bond donors (Lipinski definition) is 1. The number of methoxy groups -OCH3 is 1. The van der Waals surface area contributed by atoms with Crippen molar-refractivity contribution in [3.05, 3.63) is 17.9 Å². The summed E-state index contributed by atoms with van der Waals surface area (Å²) in [6.45, 7) is -0.314. The van der Waals surface area contributed by atoms with Gasteiger partial charge in [0, 0.05) is 33.8 Å². The molecular weight excluding hydrogens is 316 g/mol. The fourth-order valence-corrected chi connectivity index (χ4v) is 2.35. The molecule has 9 nitrogen and oxygen atoms in total. The van der Waals surface area contributed by atoms with Gasteiger partial charge in [0.1, 0.15) is 12.8 Å². The van der Waals surface area contributed by atoms with Crippen molar-refractivity contribution in [2.75, 3.05) is 40.9 Å². The van der Waals surface area contributed by atoms with Crippen molar-refractivity contribution in [2.24, 2.45) is 0 Å². The molecule has 0 saturated carbocycles. The van der Waals surface area contributed by atoms with Crippen LogP contribution in [0, 0.1) is 0 Å². The average Bonchev–Trinajstić information content (AvgIpc) is 2.92. The Labute approximate surface area is 128 Å². The number of hydrogen-bond acceptors (Lipinski definition) is 6. The molecule has 1 rings (SSSR count). The molecule has 0 aromatic carbocycles. The summed E-state index contributed by atoms with van der Waals surface area (Å²) in [6, 6.07) is 1.07. The zero-order valence-electron chi connectivity index (χ0n) is 12.5. The van der Waals surface area contributed by atoms with Crippen LogP contribution in [0.4, 0.5) is 0 Å². The molecule has 0 unspecified atom stereocenters. The van der Waals surface area contributed by atoms with Crippen LogP contribution in [0.15, 0.2) is 21.8 Å². The molecule has 1 aromatic rings. The SMILES string of the molecule is COCCN(CC(=O)O)C(=O)c1coc(S(=O)(=O)N(C)C)c1. The first-order valence-electron chi connectivity index (χ1n) is 6.21. The minimum atomic E-state index is -3.80. The lowest BCUT2D eigenvalue weighted by Crippen LogP contribution is -2.37. The molecule has 0 atom stereocenters. The normalized spacial score (nSPS) is 11.6. The number of carboxylic acids is 1. The number of carbonyl (C=O) groups excluding carboxylic acids is 1. The number of ether oxygens (including phenoxy) is 1. The van der Waals surface area contributed by atoms with Gasteiger partial charge in [0.2, 0.25) is 5.09 Å². The lowest BCUT2D eigenvalue weighted by Gasteiger charge is -2.19. The molecule has 0 saturated heterocycles. The summed E-state index contributed by atoms with van der Waals surface area (Å²) < 4.78 is 34.4. The molecule has 1 N–H and O–H groups in total. The second kappa shape index (κ2) is 7.38. The van der Waals surface area contributed by atoms with Crippen LogP contribution in [0.2, 0.25) is 0 Å². The van der Waals surface area contributed by atoms with Gasteiger partial charge < -0.3 is 19.2 Å². The van der Waals surface area contributed by atoms with Crippen molar-refractivity contribution >= 4 is 21.9 Å². The number of amides is 1. The first-order valence-corrected chi connectivity index (χ1v) is 7.65. The van der Waals surface area contributed by atoms with E-state index in [9.17, 15) is 18.0 Å². The van der Waals surface area contributed by atoms with E-state index in [4.69, 9.17) is 14.3 Å². The maximum absolute atomic E-state index is 12.2. The smallest absolute Gasteiger partial charge is 0.323 e. The average molecular weight is 334 g/mol. The predicted molar refractivity (Wildman–Crippen MR) is 75.0 cm³/mol. The van der Waals surface area contributed by atoms with E-state index < -0.39 is 28.4 Å². The van der Waals surface area contributed by atoms with Crippen LogP contribution in [0.25, 0.3) is 0 Å². The van der Waals surface area contributed by atoms with Crippen LogP contribution in [0.5, 0.6) is 0 Å².